The number of rotatable bonds is 2. The van der Waals surface area contributed by atoms with Crippen molar-refractivity contribution in [2.24, 2.45) is 0 Å². The Balaban J connectivity index is 1.73. The Morgan fingerprint density at radius 2 is 2.33 bits per heavy atom. The average molecular weight is 248 g/mol. The molecule has 0 unspecified atom stereocenters. The highest BCUT2D eigenvalue weighted by Gasteiger charge is 2.33. The maximum atomic E-state index is 12.5. The molecular formula is C13H20N4O. The van der Waals surface area contributed by atoms with Crippen LogP contribution in [0.3, 0.4) is 0 Å². The lowest BCUT2D eigenvalue weighted by atomic mass is 10.1. The summed E-state index contributed by atoms with van der Waals surface area (Å²) in [6, 6.07) is 2.41. The fraction of sp³-hybridized carbons (Fsp3) is 0.692. The molecule has 2 saturated heterocycles. The van der Waals surface area contributed by atoms with E-state index in [0.717, 1.165) is 31.9 Å². The maximum Gasteiger partial charge on any atom is 0.272 e. The number of piperazine rings is 1. The van der Waals surface area contributed by atoms with E-state index in [1.165, 1.54) is 19.4 Å². The minimum absolute atomic E-state index is 0.140. The molecule has 0 N–H and O–H groups in total. The summed E-state index contributed by atoms with van der Waals surface area (Å²) >= 11 is 0. The number of aryl methyl sites for hydroxylation is 1. The fourth-order valence-corrected chi connectivity index (χ4v) is 3.10. The van der Waals surface area contributed by atoms with Crippen LogP contribution in [0.5, 0.6) is 0 Å². The molecule has 3 rings (SSSR count). The van der Waals surface area contributed by atoms with Gasteiger partial charge in [0.2, 0.25) is 0 Å². The zero-order valence-corrected chi connectivity index (χ0v) is 10.9. The first-order chi connectivity index (χ1) is 8.79. The summed E-state index contributed by atoms with van der Waals surface area (Å²) in [5.74, 6) is 0.140. The van der Waals surface area contributed by atoms with Gasteiger partial charge in [-0.3, -0.25) is 14.4 Å². The number of amides is 1. The number of aromatic nitrogens is 2. The molecule has 0 aliphatic carbocycles. The summed E-state index contributed by atoms with van der Waals surface area (Å²) in [6.07, 6.45) is 4.22. The quantitative estimate of drug-likeness (QED) is 0.778. The van der Waals surface area contributed by atoms with Crippen molar-refractivity contribution in [1.82, 2.24) is 19.6 Å². The van der Waals surface area contributed by atoms with Crippen LogP contribution in [0, 0.1) is 0 Å². The van der Waals surface area contributed by atoms with Gasteiger partial charge in [-0.15, -0.1) is 0 Å². The van der Waals surface area contributed by atoms with Crippen molar-refractivity contribution < 1.29 is 4.79 Å². The molecule has 0 bridgehead atoms. The number of fused-ring (bicyclic) bond motifs is 1. The number of carbonyl (C=O) groups excluding carboxylic acids is 1. The molecule has 0 saturated carbocycles. The molecule has 2 fully saturated rings. The van der Waals surface area contributed by atoms with E-state index >= 15 is 0 Å². The molecule has 5 nitrogen and oxygen atoms in total. The first-order valence-corrected chi connectivity index (χ1v) is 6.84. The molecule has 1 aromatic rings. The van der Waals surface area contributed by atoms with E-state index in [9.17, 15) is 4.79 Å². The SMILES string of the molecule is CCn1nccc1C(=O)N1CCN2CCC[C@H]2C1. The number of hydrogen-bond acceptors (Lipinski definition) is 3. The Morgan fingerprint density at radius 3 is 3.17 bits per heavy atom. The molecule has 1 atom stereocenters. The van der Waals surface area contributed by atoms with Gasteiger partial charge >= 0.3 is 0 Å². The van der Waals surface area contributed by atoms with Crippen molar-refractivity contribution in [2.75, 3.05) is 26.2 Å². The minimum Gasteiger partial charge on any atom is -0.334 e. The number of carbonyl (C=O) groups is 1. The van der Waals surface area contributed by atoms with Crippen LogP contribution in [0.2, 0.25) is 0 Å². The van der Waals surface area contributed by atoms with Gasteiger partial charge in [-0.05, 0) is 32.4 Å². The standard InChI is InChI=1S/C13H20N4O/c1-2-17-12(5-6-14-17)13(18)16-9-8-15-7-3-4-11(15)10-16/h5-6,11H,2-4,7-10H2,1H3/t11-/m0/s1. The summed E-state index contributed by atoms with van der Waals surface area (Å²) < 4.78 is 1.78. The molecule has 1 aromatic heterocycles. The number of nitrogens with zero attached hydrogens (tertiary/aromatic N) is 4. The molecule has 1 amide bonds. The van der Waals surface area contributed by atoms with Gasteiger partial charge < -0.3 is 4.90 Å². The van der Waals surface area contributed by atoms with E-state index in [1.54, 1.807) is 10.9 Å². The second kappa shape index (κ2) is 4.72. The van der Waals surface area contributed by atoms with Crippen LogP contribution >= 0.6 is 0 Å². The van der Waals surface area contributed by atoms with E-state index in [0.29, 0.717) is 6.04 Å². The van der Waals surface area contributed by atoms with Gasteiger partial charge in [-0.2, -0.15) is 5.10 Å². The van der Waals surface area contributed by atoms with Gasteiger partial charge in [-0.1, -0.05) is 0 Å². The first-order valence-electron chi connectivity index (χ1n) is 6.84. The maximum absolute atomic E-state index is 12.5. The Kier molecular flexibility index (Phi) is 3.07. The van der Waals surface area contributed by atoms with Crippen LogP contribution in [0.15, 0.2) is 12.3 Å². The second-order valence-corrected chi connectivity index (χ2v) is 5.12. The van der Waals surface area contributed by atoms with Crippen LogP contribution in [-0.2, 0) is 6.54 Å². The molecule has 0 aromatic carbocycles. The normalized spacial score (nSPS) is 24.3. The lowest BCUT2D eigenvalue weighted by molar-refractivity contribution is 0.0559. The summed E-state index contributed by atoms with van der Waals surface area (Å²) in [7, 11) is 0. The van der Waals surface area contributed by atoms with Crippen LogP contribution in [0.25, 0.3) is 0 Å². The lowest BCUT2D eigenvalue weighted by Gasteiger charge is -2.37. The average Bonchev–Trinajstić information content (AvgIpc) is 3.05. The van der Waals surface area contributed by atoms with E-state index in [1.807, 2.05) is 17.9 Å². The van der Waals surface area contributed by atoms with Crippen molar-refractivity contribution >= 4 is 5.91 Å². The van der Waals surface area contributed by atoms with Crippen LogP contribution in [-0.4, -0.2) is 57.7 Å². The molecule has 2 aliphatic heterocycles. The summed E-state index contributed by atoms with van der Waals surface area (Å²) in [4.78, 5) is 17.0. The predicted molar refractivity (Wildman–Crippen MR) is 68.4 cm³/mol. The third-order valence-electron chi connectivity index (χ3n) is 4.11. The smallest absolute Gasteiger partial charge is 0.272 e. The molecule has 3 heterocycles. The van der Waals surface area contributed by atoms with E-state index < -0.39 is 0 Å². The van der Waals surface area contributed by atoms with Crippen molar-refractivity contribution in [3.8, 4) is 0 Å². The fourth-order valence-electron chi connectivity index (χ4n) is 3.10. The lowest BCUT2D eigenvalue weighted by Crippen LogP contribution is -2.52. The second-order valence-electron chi connectivity index (χ2n) is 5.12. The van der Waals surface area contributed by atoms with Gasteiger partial charge in [0.05, 0.1) is 0 Å². The Labute approximate surface area is 107 Å². The largest absolute Gasteiger partial charge is 0.334 e. The molecule has 18 heavy (non-hydrogen) atoms. The van der Waals surface area contributed by atoms with Crippen LogP contribution in [0.1, 0.15) is 30.3 Å². The Morgan fingerprint density at radius 1 is 1.44 bits per heavy atom. The van der Waals surface area contributed by atoms with E-state index in [2.05, 4.69) is 10.00 Å². The molecule has 5 heteroatoms. The van der Waals surface area contributed by atoms with Gasteiger partial charge in [-0.25, -0.2) is 0 Å². The molecule has 2 aliphatic rings. The highest BCUT2D eigenvalue weighted by atomic mass is 16.2. The summed E-state index contributed by atoms with van der Waals surface area (Å²) in [5.41, 5.74) is 0.726. The molecule has 0 spiro atoms. The van der Waals surface area contributed by atoms with Crippen molar-refractivity contribution in [3.05, 3.63) is 18.0 Å². The monoisotopic (exact) mass is 248 g/mol. The molecular weight excluding hydrogens is 228 g/mol. The zero-order valence-electron chi connectivity index (χ0n) is 10.9. The Hall–Kier alpha value is -1.36. The Bertz CT molecular complexity index is 442. The summed E-state index contributed by atoms with van der Waals surface area (Å²) in [5, 5.41) is 4.18. The van der Waals surface area contributed by atoms with Crippen molar-refractivity contribution in [3.63, 3.8) is 0 Å². The van der Waals surface area contributed by atoms with E-state index in [4.69, 9.17) is 0 Å². The first kappa shape index (κ1) is 11.7. The van der Waals surface area contributed by atoms with Gasteiger partial charge in [0.15, 0.2) is 0 Å². The zero-order chi connectivity index (χ0) is 12.5. The topological polar surface area (TPSA) is 41.4 Å². The van der Waals surface area contributed by atoms with Crippen LogP contribution < -0.4 is 0 Å². The van der Waals surface area contributed by atoms with Gasteiger partial charge in [0.25, 0.3) is 5.91 Å². The number of hydrogen-bond donors (Lipinski definition) is 0. The molecule has 98 valence electrons. The highest BCUT2D eigenvalue weighted by Crippen LogP contribution is 2.22. The minimum atomic E-state index is 0.140. The van der Waals surface area contributed by atoms with Gasteiger partial charge in [0, 0.05) is 38.4 Å². The highest BCUT2D eigenvalue weighted by molar-refractivity contribution is 5.92. The van der Waals surface area contributed by atoms with Crippen molar-refractivity contribution in [2.45, 2.75) is 32.4 Å². The van der Waals surface area contributed by atoms with Crippen molar-refractivity contribution in [1.29, 1.82) is 0 Å². The van der Waals surface area contributed by atoms with E-state index in [-0.39, 0.29) is 5.91 Å². The molecule has 0 radical (unpaired) electrons. The summed E-state index contributed by atoms with van der Waals surface area (Å²) in [6.45, 7) is 6.73. The third-order valence-corrected chi connectivity index (χ3v) is 4.11. The third kappa shape index (κ3) is 1.92. The van der Waals surface area contributed by atoms with Crippen LogP contribution in [0.4, 0.5) is 0 Å². The van der Waals surface area contributed by atoms with Gasteiger partial charge in [0.1, 0.15) is 5.69 Å². The predicted octanol–water partition coefficient (Wildman–Crippen LogP) is 0.823.